The van der Waals surface area contributed by atoms with Gasteiger partial charge in [-0.25, -0.2) is 14.2 Å². The Labute approximate surface area is 205 Å². The Morgan fingerprint density at radius 2 is 1.91 bits per heavy atom. The van der Waals surface area contributed by atoms with Gasteiger partial charge >= 0.3 is 6.09 Å². The SMILES string of the molecule is CC(C)(C)OC(=O)Nc1nc2c(-c3cccc(Cl)c3)c(F)c(Cc3ccc(NO)cc3)cc2s1. The first kappa shape index (κ1) is 23.9. The average Bonchev–Trinajstić information content (AvgIpc) is 3.14. The van der Waals surface area contributed by atoms with Gasteiger partial charge in [-0.1, -0.05) is 47.2 Å². The van der Waals surface area contributed by atoms with Crippen LogP contribution in [0, 0.1) is 5.82 Å². The maximum Gasteiger partial charge on any atom is 0.413 e. The van der Waals surface area contributed by atoms with Gasteiger partial charge in [0.2, 0.25) is 0 Å². The number of anilines is 2. The van der Waals surface area contributed by atoms with Crippen LogP contribution in [0.2, 0.25) is 5.02 Å². The Morgan fingerprint density at radius 3 is 2.56 bits per heavy atom. The van der Waals surface area contributed by atoms with Crippen LogP contribution < -0.4 is 10.8 Å². The molecular weight excluding hydrogens is 477 g/mol. The van der Waals surface area contributed by atoms with Gasteiger partial charge in [-0.15, -0.1) is 0 Å². The van der Waals surface area contributed by atoms with Crippen LogP contribution in [0.25, 0.3) is 21.3 Å². The lowest BCUT2D eigenvalue weighted by molar-refractivity contribution is 0.0636. The standard InChI is InChI=1S/C25H23ClFN3O3S/c1-25(2,3)33-24(31)29-23-28-22-19(34-23)13-16(11-14-7-9-18(30-32)10-8-14)21(27)20(22)15-5-4-6-17(26)12-15/h4-10,12-13,30,32H,11H2,1-3H3,(H,28,29,31). The van der Waals surface area contributed by atoms with Gasteiger partial charge in [-0.05, 0) is 67.8 Å². The third kappa shape index (κ3) is 5.47. The number of hydrogen-bond donors (Lipinski definition) is 3. The van der Waals surface area contributed by atoms with Crippen molar-refractivity contribution in [3.8, 4) is 11.1 Å². The molecule has 1 amide bonds. The largest absolute Gasteiger partial charge is 0.444 e. The summed E-state index contributed by atoms with van der Waals surface area (Å²) in [7, 11) is 0. The van der Waals surface area contributed by atoms with Gasteiger partial charge in [-0.2, -0.15) is 0 Å². The van der Waals surface area contributed by atoms with Crippen molar-refractivity contribution >= 4 is 50.1 Å². The van der Waals surface area contributed by atoms with Gasteiger partial charge in [0.1, 0.15) is 11.4 Å². The molecule has 0 saturated heterocycles. The fourth-order valence-corrected chi connectivity index (χ4v) is 4.61. The molecule has 4 aromatic rings. The number of benzene rings is 3. The minimum absolute atomic E-state index is 0.308. The zero-order valence-corrected chi connectivity index (χ0v) is 20.4. The van der Waals surface area contributed by atoms with Crippen molar-refractivity contribution in [1.29, 1.82) is 0 Å². The average molecular weight is 500 g/mol. The summed E-state index contributed by atoms with van der Waals surface area (Å²) in [5.41, 5.74) is 4.64. The summed E-state index contributed by atoms with van der Waals surface area (Å²) in [5, 5.41) is 12.5. The second-order valence-electron chi connectivity index (χ2n) is 8.71. The number of nitrogens with zero attached hydrogens (tertiary/aromatic N) is 1. The lowest BCUT2D eigenvalue weighted by atomic mass is 9.97. The summed E-state index contributed by atoms with van der Waals surface area (Å²) in [6, 6.07) is 15.7. The molecule has 34 heavy (non-hydrogen) atoms. The van der Waals surface area contributed by atoms with Crippen LogP contribution in [0.1, 0.15) is 31.9 Å². The molecule has 1 aromatic heterocycles. The molecule has 1 heterocycles. The molecule has 6 nitrogen and oxygen atoms in total. The van der Waals surface area contributed by atoms with E-state index in [2.05, 4.69) is 15.8 Å². The van der Waals surface area contributed by atoms with Crippen LogP contribution in [0.15, 0.2) is 54.6 Å². The molecule has 0 bridgehead atoms. The molecular formula is C25H23ClFN3O3S. The second-order valence-corrected chi connectivity index (χ2v) is 10.2. The lowest BCUT2D eigenvalue weighted by Gasteiger charge is -2.18. The Morgan fingerprint density at radius 1 is 1.18 bits per heavy atom. The van der Waals surface area contributed by atoms with Crippen LogP contribution in [0.3, 0.4) is 0 Å². The molecule has 176 valence electrons. The number of ether oxygens (including phenoxy) is 1. The number of thiazole rings is 1. The second kappa shape index (κ2) is 9.58. The topological polar surface area (TPSA) is 83.5 Å². The van der Waals surface area contributed by atoms with E-state index < -0.39 is 17.5 Å². The normalized spacial score (nSPS) is 11.5. The van der Waals surface area contributed by atoms with E-state index in [0.29, 0.717) is 49.2 Å². The number of hydrogen-bond acceptors (Lipinski definition) is 6. The van der Waals surface area contributed by atoms with Crippen LogP contribution in [-0.4, -0.2) is 21.9 Å². The summed E-state index contributed by atoms with van der Waals surface area (Å²) in [5.74, 6) is -0.409. The number of carbonyl (C=O) groups excluding carboxylic acids is 1. The van der Waals surface area contributed by atoms with Gasteiger partial charge < -0.3 is 4.74 Å². The highest BCUT2D eigenvalue weighted by Gasteiger charge is 2.22. The summed E-state index contributed by atoms with van der Waals surface area (Å²) >= 11 is 7.43. The predicted molar refractivity (Wildman–Crippen MR) is 135 cm³/mol. The highest BCUT2D eigenvalue weighted by Crippen LogP contribution is 2.39. The Bertz CT molecular complexity index is 1350. The Balaban J connectivity index is 1.80. The Hall–Kier alpha value is -3.20. The van der Waals surface area contributed by atoms with E-state index in [-0.39, 0.29) is 0 Å². The van der Waals surface area contributed by atoms with Gasteiger partial charge in [-0.3, -0.25) is 16.0 Å². The first-order chi connectivity index (χ1) is 16.1. The van der Waals surface area contributed by atoms with E-state index in [1.807, 2.05) is 12.1 Å². The lowest BCUT2D eigenvalue weighted by Crippen LogP contribution is -2.27. The molecule has 0 fully saturated rings. The molecule has 3 aromatic carbocycles. The van der Waals surface area contributed by atoms with Crippen LogP contribution in [-0.2, 0) is 11.2 Å². The van der Waals surface area contributed by atoms with E-state index in [1.54, 1.807) is 63.2 Å². The van der Waals surface area contributed by atoms with Crippen molar-refractivity contribution in [2.75, 3.05) is 10.8 Å². The van der Waals surface area contributed by atoms with E-state index in [4.69, 9.17) is 21.5 Å². The first-order valence-corrected chi connectivity index (χ1v) is 11.7. The number of halogens is 2. The van der Waals surface area contributed by atoms with Gasteiger partial charge in [0.15, 0.2) is 5.13 Å². The smallest absolute Gasteiger partial charge is 0.413 e. The van der Waals surface area contributed by atoms with Gasteiger partial charge in [0, 0.05) is 17.0 Å². The van der Waals surface area contributed by atoms with Crippen LogP contribution >= 0.6 is 22.9 Å². The van der Waals surface area contributed by atoms with Crippen LogP contribution in [0.5, 0.6) is 0 Å². The van der Waals surface area contributed by atoms with Crippen LogP contribution in [0.4, 0.5) is 20.0 Å². The van der Waals surface area contributed by atoms with E-state index in [1.165, 1.54) is 11.3 Å². The maximum absolute atomic E-state index is 15.9. The molecule has 0 unspecified atom stereocenters. The van der Waals surface area contributed by atoms with E-state index >= 15 is 4.39 Å². The molecule has 0 aliphatic rings. The fourth-order valence-electron chi connectivity index (χ4n) is 3.49. The molecule has 0 aliphatic heterocycles. The predicted octanol–water partition coefficient (Wildman–Crippen LogP) is 7.49. The molecule has 0 aliphatic carbocycles. The molecule has 9 heteroatoms. The fraction of sp³-hybridized carbons (Fsp3) is 0.200. The van der Waals surface area contributed by atoms with Gasteiger partial charge in [0.05, 0.1) is 15.9 Å². The molecule has 0 radical (unpaired) electrons. The highest BCUT2D eigenvalue weighted by molar-refractivity contribution is 7.22. The molecule has 3 N–H and O–H groups in total. The number of amides is 1. The van der Waals surface area contributed by atoms with E-state index in [0.717, 1.165) is 5.56 Å². The van der Waals surface area contributed by atoms with E-state index in [9.17, 15) is 4.79 Å². The molecule has 4 rings (SSSR count). The zero-order chi connectivity index (χ0) is 24.5. The summed E-state index contributed by atoms with van der Waals surface area (Å²) in [6.45, 7) is 5.31. The minimum Gasteiger partial charge on any atom is -0.444 e. The molecule has 0 saturated carbocycles. The van der Waals surface area contributed by atoms with Gasteiger partial charge in [0.25, 0.3) is 0 Å². The van der Waals surface area contributed by atoms with Crippen molar-refractivity contribution in [3.63, 3.8) is 0 Å². The van der Waals surface area contributed by atoms with Crippen molar-refractivity contribution < 1.29 is 19.1 Å². The number of nitrogens with one attached hydrogen (secondary N) is 2. The van der Waals surface area contributed by atoms with Crippen molar-refractivity contribution in [2.45, 2.75) is 32.8 Å². The number of aromatic nitrogens is 1. The van der Waals surface area contributed by atoms with Crippen molar-refractivity contribution in [2.24, 2.45) is 0 Å². The van der Waals surface area contributed by atoms with Crippen molar-refractivity contribution in [3.05, 3.63) is 76.6 Å². The molecule has 0 spiro atoms. The zero-order valence-electron chi connectivity index (χ0n) is 18.8. The number of fused-ring (bicyclic) bond motifs is 1. The highest BCUT2D eigenvalue weighted by atomic mass is 35.5. The monoisotopic (exact) mass is 499 g/mol. The molecule has 0 atom stereocenters. The third-order valence-corrected chi connectivity index (χ3v) is 6.05. The summed E-state index contributed by atoms with van der Waals surface area (Å²) < 4.78 is 21.9. The Kier molecular flexibility index (Phi) is 6.74. The number of carbonyl (C=O) groups is 1. The quantitative estimate of drug-likeness (QED) is 0.248. The summed E-state index contributed by atoms with van der Waals surface area (Å²) in [4.78, 5) is 16.8. The van der Waals surface area contributed by atoms with Crippen molar-refractivity contribution in [1.82, 2.24) is 4.98 Å². The summed E-state index contributed by atoms with van der Waals surface area (Å²) in [6.07, 6.45) is -0.303. The third-order valence-electron chi connectivity index (χ3n) is 4.90. The number of rotatable bonds is 5. The first-order valence-electron chi connectivity index (χ1n) is 10.5. The maximum atomic E-state index is 15.9. The minimum atomic E-state index is -0.660.